The van der Waals surface area contributed by atoms with Crippen LogP contribution in [0.15, 0.2) is 47.4 Å². The number of rotatable bonds is 6. The zero-order chi connectivity index (χ0) is 21.0. The molecule has 0 saturated carbocycles. The number of nitrogens with one attached hydrogen (secondary N) is 1. The second kappa shape index (κ2) is 8.97. The van der Waals surface area contributed by atoms with Gasteiger partial charge in [-0.3, -0.25) is 9.52 Å². The van der Waals surface area contributed by atoms with Crippen LogP contribution in [0.1, 0.15) is 41.3 Å². The number of nitrogens with zero attached hydrogens (tertiary/aromatic N) is 1. The summed E-state index contributed by atoms with van der Waals surface area (Å²) in [7, 11) is -3.69. The largest absolute Gasteiger partial charge is 0.378 e. The summed E-state index contributed by atoms with van der Waals surface area (Å²) in [4.78, 5) is 14.8. The molecule has 0 spiro atoms. The van der Waals surface area contributed by atoms with Gasteiger partial charge >= 0.3 is 0 Å². The van der Waals surface area contributed by atoms with E-state index in [2.05, 4.69) is 4.72 Å². The Morgan fingerprint density at radius 1 is 1.10 bits per heavy atom. The second-order valence-electron chi connectivity index (χ2n) is 7.40. The van der Waals surface area contributed by atoms with Gasteiger partial charge < -0.3 is 9.64 Å². The van der Waals surface area contributed by atoms with E-state index in [0.29, 0.717) is 36.5 Å². The maximum Gasteiger partial charge on any atom is 0.262 e. The Morgan fingerprint density at radius 3 is 2.38 bits per heavy atom. The number of amides is 1. The lowest BCUT2D eigenvalue weighted by Crippen LogP contribution is -2.40. The number of benzene rings is 2. The van der Waals surface area contributed by atoms with Crippen molar-refractivity contribution < 1.29 is 17.9 Å². The van der Waals surface area contributed by atoms with Gasteiger partial charge in [0, 0.05) is 30.9 Å². The van der Waals surface area contributed by atoms with E-state index in [1.165, 1.54) is 0 Å². The Bertz CT molecular complexity index is 963. The van der Waals surface area contributed by atoms with Gasteiger partial charge in [0.25, 0.3) is 15.9 Å². The number of likely N-dealkylation sites (tertiary alicyclic amines) is 1. The van der Waals surface area contributed by atoms with Gasteiger partial charge in [0.05, 0.1) is 11.0 Å². The number of hydrogen-bond donors (Lipinski definition) is 1. The minimum absolute atomic E-state index is 0.0381. The average Bonchev–Trinajstić information content (AvgIpc) is 2.70. The van der Waals surface area contributed by atoms with Crippen LogP contribution < -0.4 is 4.72 Å². The van der Waals surface area contributed by atoms with Crippen molar-refractivity contribution in [1.29, 1.82) is 0 Å². The lowest BCUT2D eigenvalue weighted by atomic mass is 10.1. The zero-order valence-corrected chi connectivity index (χ0v) is 18.0. The molecule has 0 aliphatic carbocycles. The molecule has 1 aliphatic heterocycles. The lowest BCUT2D eigenvalue weighted by Gasteiger charge is -2.31. The fourth-order valence-electron chi connectivity index (χ4n) is 3.53. The fourth-order valence-corrected chi connectivity index (χ4v) is 4.92. The number of ether oxygens (including phenoxy) is 1. The first kappa shape index (κ1) is 21.3. The number of sulfonamides is 1. The van der Waals surface area contributed by atoms with Gasteiger partial charge in [-0.25, -0.2) is 8.42 Å². The summed E-state index contributed by atoms with van der Waals surface area (Å²) in [5, 5.41) is 0. The molecule has 1 amide bonds. The number of piperidine rings is 1. The van der Waals surface area contributed by atoms with Gasteiger partial charge in [-0.15, -0.1) is 0 Å². The van der Waals surface area contributed by atoms with Crippen molar-refractivity contribution in [2.45, 2.75) is 44.6 Å². The highest BCUT2D eigenvalue weighted by Crippen LogP contribution is 2.22. The third kappa shape index (κ3) is 5.16. The van der Waals surface area contributed by atoms with E-state index in [0.717, 1.165) is 18.4 Å². The highest BCUT2D eigenvalue weighted by Gasteiger charge is 2.24. The number of aryl methyl sites for hydroxylation is 2. The molecule has 1 N–H and O–H groups in total. The second-order valence-corrected chi connectivity index (χ2v) is 9.05. The summed E-state index contributed by atoms with van der Waals surface area (Å²) in [6.45, 7) is 7.64. The minimum atomic E-state index is -3.69. The highest BCUT2D eigenvalue weighted by atomic mass is 32.2. The molecule has 0 aromatic heterocycles. The highest BCUT2D eigenvalue weighted by molar-refractivity contribution is 7.92. The Morgan fingerprint density at radius 2 is 1.76 bits per heavy atom. The van der Waals surface area contributed by atoms with Crippen LogP contribution in [0.5, 0.6) is 0 Å². The number of carbonyl (C=O) groups is 1. The van der Waals surface area contributed by atoms with Crippen molar-refractivity contribution in [3.63, 3.8) is 0 Å². The average molecular weight is 417 g/mol. The quantitative estimate of drug-likeness (QED) is 0.778. The lowest BCUT2D eigenvalue weighted by molar-refractivity contribution is 0.0146. The summed E-state index contributed by atoms with van der Waals surface area (Å²) in [5.41, 5.74) is 2.54. The van der Waals surface area contributed by atoms with Crippen LogP contribution in [-0.4, -0.2) is 45.0 Å². The standard InChI is InChI=1S/C22H28N2O4S/c1-4-28-20-11-13-24(14-12-20)22(25)18-7-9-19(10-8-18)23-29(26,27)21-15-16(2)5-6-17(21)3/h5-10,15,20,23H,4,11-14H2,1-3H3. The van der Waals surface area contributed by atoms with E-state index in [9.17, 15) is 13.2 Å². The first-order valence-corrected chi connectivity index (χ1v) is 11.4. The third-order valence-electron chi connectivity index (χ3n) is 5.15. The first-order chi connectivity index (χ1) is 13.8. The zero-order valence-electron chi connectivity index (χ0n) is 17.1. The van der Waals surface area contributed by atoms with E-state index >= 15 is 0 Å². The van der Waals surface area contributed by atoms with E-state index in [1.807, 2.05) is 24.8 Å². The Kier molecular flexibility index (Phi) is 6.59. The molecule has 156 valence electrons. The molecule has 1 saturated heterocycles. The maximum absolute atomic E-state index is 12.7. The summed E-state index contributed by atoms with van der Waals surface area (Å²) in [6, 6.07) is 11.9. The molecule has 0 radical (unpaired) electrons. The molecule has 1 fully saturated rings. The Balaban J connectivity index is 1.67. The minimum Gasteiger partial charge on any atom is -0.378 e. The van der Waals surface area contributed by atoms with Gasteiger partial charge in [0.2, 0.25) is 0 Å². The first-order valence-electron chi connectivity index (χ1n) is 9.91. The van der Waals surface area contributed by atoms with Crippen molar-refractivity contribution in [3.05, 3.63) is 59.2 Å². The van der Waals surface area contributed by atoms with E-state index in [1.54, 1.807) is 43.3 Å². The molecule has 7 heteroatoms. The van der Waals surface area contributed by atoms with Crippen molar-refractivity contribution in [1.82, 2.24) is 4.90 Å². The molecule has 29 heavy (non-hydrogen) atoms. The van der Waals surface area contributed by atoms with Gasteiger partial charge in [-0.2, -0.15) is 0 Å². The molecule has 0 bridgehead atoms. The molecule has 2 aromatic carbocycles. The normalized spacial score (nSPS) is 15.3. The maximum atomic E-state index is 12.7. The summed E-state index contributed by atoms with van der Waals surface area (Å²) in [5.74, 6) is -0.0381. The molecular weight excluding hydrogens is 388 g/mol. The fraction of sp³-hybridized carbons (Fsp3) is 0.409. The molecule has 0 atom stereocenters. The monoisotopic (exact) mass is 416 g/mol. The van der Waals surface area contributed by atoms with Crippen molar-refractivity contribution in [2.75, 3.05) is 24.4 Å². The predicted octanol–water partition coefficient (Wildman–Crippen LogP) is 3.75. The van der Waals surface area contributed by atoms with Gasteiger partial charge in [0.15, 0.2) is 0 Å². The molecule has 0 unspecified atom stereocenters. The molecule has 1 heterocycles. The predicted molar refractivity (Wildman–Crippen MR) is 114 cm³/mol. The topological polar surface area (TPSA) is 75.7 Å². The van der Waals surface area contributed by atoms with Crippen molar-refractivity contribution in [3.8, 4) is 0 Å². The summed E-state index contributed by atoms with van der Waals surface area (Å²) >= 11 is 0. The van der Waals surface area contributed by atoms with Crippen LogP contribution in [0.3, 0.4) is 0 Å². The van der Waals surface area contributed by atoms with Crippen LogP contribution in [-0.2, 0) is 14.8 Å². The third-order valence-corrected chi connectivity index (χ3v) is 6.67. The van der Waals surface area contributed by atoms with E-state index in [4.69, 9.17) is 4.74 Å². The smallest absolute Gasteiger partial charge is 0.262 e. The molecule has 6 nitrogen and oxygen atoms in total. The van der Waals surface area contributed by atoms with Crippen LogP contribution in [0.25, 0.3) is 0 Å². The summed E-state index contributed by atoms with van der Waals surface area (Å²) in [6.07, 6.45) is 1.91. The van der Waals surface area contributed by atoms with Crippen LogP contribution in [0.4, 0.5) is 5.69 Å². The number of carbonyl (C=O) groups excluding carboxylic acids is 1. The van der Waals surface area contributed by atoms with Crippen LogP contribution in [0.2, 0.25) is 0 Å². The molecular formula is C22H28N2O4S. The Hall–Kier alpha value is -2.38. The van der Waals surface area contributed by atoms with E-state index < -0.39 is 10.0 Å². The Labute approximate surface area is 172 Å². The van der Waals surface area contributed by atoms with Crippen LogP contribution in [0, 0.1) is 13.8 Å². The van der Waals surface area contributed by atoms with E-state index in [-0.39, 0.29) is 16.9 Å². The SMILES string of the molecule is CCOC1CCN(C(=O)c2ccc(NS(=O)(=O)c3cc(C)ccc3C)cc2)CC1. The van der Waals surface area contributed by atoms with Gasteiger partial charge in [-0.1, -0.05) is 12.1 Å². The van der Waals surface area contributed by atoms with Gasteiger partial charge in [-0.05, 0) is 75.1 Å². The molecule has 2 aromatic rings. The number of hydrogen-bond acceptors (Lipinski definition) is 4. The number of anilines is 1. The van der Waals surface area contributed by atoms with Crippen molar-refractivity contribution >= 4 is 21.6 Å². The van der Waals surface area contributed by atoms with Crippen LogP contribution >= 0.6 is 0 Å². The molecule has 1 aliphatic rings. The molecule has 3 rings (SSSR count). The van der Waals surface area contributed by atoms with Gasteiger partial charge in [0.1, 0.15) is 0 Å². The summed E-state index contributed by atoms with van der Waals surface area (Å²) < 4.78 is 33.7. The van der Waals surface area contributed by atoms with Crippen molar-refractivity contribution in [2.24, 2.45) is 0 Å².